The lowest BCUT2D eigenvalue weighted by atomic mass is 10.2. The highest BCUT2D eigenvalue weighted by Crippen LogP contribution is 2.38. The first-order valence-corrected chi connectivity index (χ1v) is 6.61. The number of thioether (sulfide) groups is 1. The Balaban J connectivity index is 2.15. The average molecular weight is 265 g/mol. The van der Waals surface area contributed by atoms with Gasteiger partial charge in [0, 0.05) is 6.61 Å². The normalized spacial score (nSPS) is 23.8. The Labute approximate surface area is 110 Å². The van der Waals surface area contributed by atoms with Crippen molar-refractivity contribution < 1.29 is 14.3 Å². The van der Waals surface area contributed by atoms with Crippen LogP contribution in [-0.2, 0) is 16.1 Å². The molecule has 1 aliphatic heterocycles. The molecule has 4 nitrogen and oxygen atoms in total. The van der Waals surface area contributed by atoms with E-state index >= 15 is 0 Å². The van der Waals surface area contributed by atoms with Crippen LogP contribution in [0.25, 0.3) is 0 Å². The van der Waals surface area contributed by atoms with Crippen LogP contribution in [0.2, 0.25) is 0 Å². The molecule has 1 fully saturated rings. The fourth-order valence-electron chi connectivity index (χ4n) is 1.86. The van der Waals surface area contributed by atoms with Crippen molar-refractivity contribution in [2.24, 2.45) is 0 Å². The van der Waals surface area contributed by atoms with E-state index in [1.54, 1.807) is 6.92 Å². The summed E-state index contributed by atoms with van der Waals surface area (Å²) in [6.07, 6.45) is 0. The summed E-state index contributed by atoms with van der Waals surface area (Å²) < 4.78 is 5.39. The maximum atomic E-state index is 12.2. The van der Waals surface area contributed by atoms with E-state index in [9.17, 15) is 9.59 Å². The molecule has 0 N–H and O–H groups in total. The molecule has 2 amide bonds. The molecule has 1 heterocycles. The maximum Gasteiger partial charge on any atom is 0.291 e. The number of ether oxygens (including phenoxy) is 1. The second kappa shape index (κ2) is 5.12. The Hall–Kier alpha value is -1.33. The van der Waals surface area contributed by atoms with Crippen molar-refractivity contribution >= 4 is 22.9 Å². The van der Waals surface area contributed by atoms with Crippen LogP contribution < -0.4 is 0 Å². The summed E-state index contributed by atoms with van der Waals surface area (Å²) in [6, 6.07) is 9.45. The lowest BCUT2D eigenvalue weighted by molar-refractivity contribution is -0.140. The first-order valence-electron chi connectivity index (χ1n) is 5.79. The van der Waals surface area contributed by atoms with Gasteiger partial charge < -0.3 is 4.74 Å². The number of carbonyl (C=O) groups is 2. The zero-order valence-electron chi connectivity index (χ0n) is 10.4. The van der Waals surface area contributed by atoms with Crippen molar-refractivity contribution in [3.63, 3.8) is 0 Å². The third kappa shape index (κ3) is 2.42. The summed E-state index contributed by atoms with van der Waals surface area (Å²) in [4.78, 5) is 24.2. The molecule has 0 aromatic heterocycles. The van der Waals surface area contributed by atoms with E-state index in [0.29, 0.717) is 13.2 Å². The Bertz CT molecular complexity index is 463. The van der Waals surface area contributed by atoms with Crippen molar-refractivity contribution in [3.05, 3.63) is 35.9 Å². The molecule has 0 aliphatic carbocycles. The number of amides is 2. The minimum Gasteiger partial charge on any atom is -0.355 e. The third-order valence-corrected chi connectivity index (χ3v) is 3.82. The van der Waals surface area contributed by atoms with Crippen LogP contribution in [0.15, 0.2) is 30.3 Å². The molecule has 0 spiro atoms. The fraction of sp³-hybridized carbons (Fsp3) is 0.385. The van der Waals surface area contributed by atoms with Gasteiger partial charge in [0.1, 0.15) is 0 Å². The smallest absolute Gasteiger partial charge is 0.291 e. The Morgan fingerprint density at radius 2 is 1.94 bits per heavy atom. The number of imide groups is 1. The van der Waals surface area contributed by atoms with Gasteiger partial charge in [-0.3, -0.25) is 14.5 Å². The SMILES string of the molecule is CCOC1(C)SC(=O)N(Cc2ccccc2)C1=O. The molecule has 1 unspecified atom stereocenters. The Kier molecular flexibility index (Phi) is 3.73. The summed E-state index contributed by atoms with van der Waals surface area (Å²) in [6.45, 7) is 4.16. The highest BCUT2D eigenvalue weighted by molar-refractivity contribution is 8.15. The van der Waals surface area contributed by atoms with Crippen LogP contribution in [0, 0.1) is 0 Å². The quantitative estimate of drug-likeness (QED) is 0.839. The molecule has 2 rings (SSSR count). The number of benzene rings is 1. The molecule has 96 valence electrons. The minimum atomic E-state index is -1.07. The van der Waals surface area contributed by atoms with E-state index in [1.165, 1.54) is 4.90 Å². The molecule has 1 aliphatic rings. The lowest BCUT2D eigenvalue weighted by Crippen LogP contribution is -2.39. The summed E-state index contributed by atoms with van der Waals surface area (Å²) >= 11 is 0.943. The number of rotatable bonds is 4. The predicted molar refractivity (Wildman–Crippen MR) is 70.0 cm³/mol. The molecule has 1 atom stereocenters. The molecule has 0 radical (unpaired) electrons. The Morgan fingerprint density at radius 3 is 2.56 bits per heavy atom. The van der Waals surface area contributed by atoms with E-state index in [0.717, 1.165) is 17.3 Å². The van der Waals surface area contributed by atoms with Gasteiger partial charge in [0.15, 0.2) is 4.93 Å². The predicted octanol–water partition coefficient (Wildman–Crippen LogP) is 2.63. The van der Waals surface area contributed by atoms with Gasteiger partial charge in [-0.05, 0) is 31.2 Å². The number of carbonyl (C=O) groups excluding carboxylic acids is 2. The first-order chi connectivity index (χ1) is 8.57. The molecule has 0 saturated carbocycles. The largest absolute Gasteiger partial charge is 0.355 e. The average Bonchev–Trinajstić information content (AvgIpc) is 2.55. The van der Waals surface area contributed by atoms with Crippen molar-refractivity contribution in [1.29, 1.82) is 0 Å². The van der Waals surface area contributed by atoms with Crippen molar-refractivity contribution in [3.8, 4) is 0 Å². The van der Waals surface area contributed by atoms with Crippen LogP contribution in [0.5, 0.6) is 0 Å². The van der Waals surface area contributed by atoms with E-state index in [-0.39, 0.29) is 11.1 Å². The zero-order valence-corrected chi connectivity index (χ0v) is 11.2. The van der Waals surface area contributed by atoms with Gasteiger partial charge in [-0.2, -0.15) is 0 Å². The second-order valence-electron chi connectivity index (χ2n) is 4.12. The fourth-order valence-corrected chi connectivity index (χ4v) is 2.83. The van der Waals surface area contributed by atoms with Gasteiger partial charge in [0.25, 0.3) is 11.1 Å². The van der Waals surface area contributed by atoms with Gasteiger partial charge in [0.05, 0.1) is 6.54 Å². The van der Waals surface area contributed by atoms with E-state index < -0.39 is 4.93 Å². The zero-order chi connectivity index (χ0) is 13.2. The summed E-state index contributed by atoms with van der Waals surface area (Å²) in [7, 11) is 0. The third-order valence-electron chi connectivity index (χ3n) is 2.74. The molecule has 1 saturated heterocycles. The second-order valence-corrected chi connectivity index (χ2v) is 5.46. The van der Waals surface area contributed by atoms with Gasteiger partial charge in [-0.1, -0.05) is 30.3 Å². The summed E-state index contributed by atoms with van der Waals surface area (Å²) in [5.41, 5.74) is 0.931. The van der Waals surface area contributed by atoms with Gasteiger partial charge in [0.2, 0.25) is 0 Å². The van der Waals surface area contributed by atoms with E-state index in [4.69, 9.17) is 4.74 Å². The van der Waals surface area contributed by atoms with Crippen LogP contribution in [-0.4, -0.2) is 27.6 Å². The standard InChI is InChI=1S/C13H15NO3S/c1-3-17-13(2)11(15)14(12(16)18-13)9-10-7-5-4-6-8-10/h4-8H,3,9H2,1-2H3. The highest BCUT2D eigenvalue weighted by Gasteiger charge is 2.50. The van der Waals surface area contributed by atoms with Crippen molar-refractivity contribution in [1.82, 2.24) is 4.90 Å². The first kappa shape index (κ1) is 13.1. The van der Waals surface area contributed by atoms with Crippen LogP contribution in [0.4, 0.5) is 4.79 Å². The number of hydrogen-bond donors (Lipinski definition) is 0. The number of nitrogens with zero attached hydrogens (tertiary/aromatic N) is 1. The molecule has 5 heteroatoms. The van der Waals surface area contributed by atoms with E-state index in [1.807, 2.05) is 37.3 Å². The number of hydrogen-bond acceptors (Lipinski definition) is 4. The molecule has 18 heavy (non-hydrogen) atoms. The van der Waals surface area contributed by atoms with Crippen LogP contribution in [0.1, 0.15) is 19.4 Å². The van der Waals surface area contributed by atoms with Gasteiger partial charge in [-0.25, -0.2) is 0 Å². The Morgan fingerprint density at radius 1 is 1.28 bits per heavy atom. The molecular weight excluding hydrogens is 250 g/mol. The minimum absolute atomic E-state index is 0.250. The molecule has 0 bridgehead atoms. The van der Waals surface area contributed by atoms with Gasteiger partial charge >= 0.3 is 0 Å². The van der Waals surface area contributed by atoms with Crippen LogP contribution >= 0.6 is 11.8 Å². The topological polar surface area (TPSA) is 46.6 Å². The van der Waals surface area contributed by atoms with E-state index in [2.05, 4.69) is 0 Å². The lowest BCUT2D eigenvalue weighted by Gasteiger charge is -2.20. The maximum absolute atomic E-state index is 12.2. The molecule has 1 aromatic carbocycles. The van der Waals surface area contributed by atoms with Crippen molar-refractivity contribution in [2.45, 2.75) is 25.3 Å². The van der Waals surface area contributed by atoms with Crippen LogP contribution in [0.3, 0.4) is 0 Å². The molecule has 1 aromatic rings. The highest BCUT2D eigenvalue weighted by atomic mass is 32.2. The summed E-state index contributed by atoms with van der Waals surface area (Å²) in [5, 5.41) is -0.250. The van der Waals surface area contributed by atoms with Gasteiger partial charge in [-0.15, -0.1) is 0 Å². The summed E-state index contributed by atoms with van der Waals surface area (Å²) in [5.74, 6) is -0.275. The monoisotopic (exact) mass is 265 g/mol. The van der Waals surface area contributed by atoms with Crippen molar-refractivity contribution in [2.75, 3.05) is 6.61 Å². The molecular formula is C13H15NO3S.